The summed E-state index contributed by atoms with van der Waals surface area (Å²) in [5, 5.41) is 29.2. The number of unbranched alkanes of at least 4 members (excludes halogenated alkanes) is 1. The van der Waals surface area contributed by atoms with Crippen LogP contribution < -0.4 is 30.2 Å². The van der Waals surface area contributed by atoms with Gasteiger partial charge in [-0.15, -0.1) is 5.10 Å². The Balaban J connectivity index is 0.665. The monoisotopic (exact) mass is 1110 g/mol. The molecule has 1 unspecified atom stereocenters. The van der Waals surface area contributed by atoms with Crippen LogP contribution in [-0.4, -0.2) is 112 Å². The van der Waals surface area contributed by atoms with Crippen molar-refractivity contribution in [2.24, 2.45) is 0 Å². The summed E-state index contributed by atoms with van der Waals surface area (Å²) in [6.07, 6.45) is 0.921. The zero-order chi connectivity index (χ0) is 57.3. The molecular weight excluding hydrogens is 1050 g/mol. The summed E-state index contributed by atoms with van der Waals surface area (Å²) >= 11 is 0. The molecule has 2 aromatic heterocycles. The second-order valence-corrected chi connectivity index (χ2v) is 18.9. The van der Waals surface area contributed by atoms with Crippen LogP contribution in [0.15, 0.2) is 103 Å². The fourth-order valence-electron chi connectivity index (χ4n) is 9.11. The Labute approximate surface area is 465 Å². The zero-order valence-corrected chi connectivity index (χ0v) is 44.9. The second-order valence-electron chi connectivity index (χ2n) is 18.9. The highest BCUT2D eigenvalue weighted by atomic mass is 16.8. The third kappa shape index (κ3) is 15.9. The number of rotatable bonds is 28. The molecule has 0 spiro atoms. The summed E-state index contributed by atoms with van der Waals surface area (Å²) in [5.41, 5.74) is 6.75. The van der Waals surface area contributed by atoms with Gasteiger partial charge in [0.15, 0.2) is 11.5 Å². The Kier molecular flexibility index (Phi) is 19.9. The third-order valence-electron chi connectivity index (χ3n) is 13.1. The Morgan fingerprint density at radius 2 is 1.58 bits per heavy atom. The quantitative estimate of drug-likeness (QED) is 0.0139. The van der Waals surface area contributed by atoms with E-state index in [2.05, 4.69) is 55.5 Å². The number of nitrogens with zero attached hydrogens (tertiary/aromatic N) is 6. The number of nitro groups is 1. The van der Waals surface area contributed by atoms with E-state index >= 15 is 0 Å². The number of hydrogen-bond acceptors (Lipinski definition) is 18. The van der Waals surface area contributed by atoms with Gasteiger partial charge in [0, 0.05) is 68.3 Å². The van der Waals surface area contributed by atoms with Crippen LogP contribution in [0.25, 0.3) is 11.1 Å². The molecule has 0 saturated carbocycles. The van der Waals surface area contributed by atoms with Gasteiger partial charge in [0.25, 0.3) is 23.4 Å². The third-order valence-corrected chi connectivity index (χ3v) is 13.1. The van der Waals surface area contributed by atoms with Gasteiger partial charge in [-0.2, -0.15) is 0 Å². The average Bonchev–Trinajstić information content (AvgIpc) is 4.21. The number of pyridine rings is 1. The number of benzene rings is 4. The second kappa shape index (κ2) is 27.9. The first-order valence-electron chi connectivity index (χ1n) is 26.3. The van der Waals surface area contributed by atoms with Crippen molar-refractivity contribution < 1.29 is 66.9 Å². The number of hydrogen-bond donors (Lipinski definition) is 3. The van der Waals surface area contributed by atoms with E-state index in [4.69, 9.17) is 33.3 Å². The SMILES string of the molecule is COc1cc(C(C)OC(=O)ON2C(=O)CCC2=O)c([N+](=O)[O-])cc1OCCCC(=O)NCCOCCn1cc(CCCCNC(=O)c2cccc(Oc3cc(CNC(=O)OCC4c5ccccc5-c5ccccc54)cc(C)n3)c2)nn1. The number of aromatic nitrogens is 4. The first kappa shape index (κ1) is 57.7. The standard InChI is InChI=1S/C57H61N9O15/c1-36-28-38(33-60-56(71)78-35-47-44-17-6-4-15-42(44)43-16-5-7-18-45(43)47)29-52(61-36)80-41-14-10-12-39(30-41)55(70)59-22-9-8-13-40-34-64(63-62-40)24-27-76-26-23-58-51(67)19-11-25-77-50-32-48(66(73)74)46(31-49(50)75-3)37(2)79-57(72)81-65-53(68)20-21-54(65)69/h4-7,10,12,14-18,28-32,34,37,47H,8-9,11,13,19-27,33,35H2,1-3H3,(H,58,67)(H,59,70)(H,60,71). The van der Waals surface area contributed by atoms with Gasteiger partial charge in [0.2, 0.25) is 11.8 Å². The van der Waals surface area contributed by atoms with Gasteiger partial charge in [-0.05, 0) is 97.7 Å². The van der Waals surface area contributed by atoms with Crippen molar-refractivity contribution in [3.8, 4) is 34.3 Å². The molecule has 0 bridgehead atoms. The Hall–Kier alpha value is -9.45. The van der Waals surface area contributed by atoms with Gasteiger partial charge in [-0.25, -0.2) is 19.3 Å². The van der Waals surface area contributed by atoms with E-state index < -0.39 is 40.8 Å². The van der Waals surface area contributed by atoms with Gasteiger partial charge in [0.05, 0.1) is 55.7 Å². The molecule has 1 atom stereocenters. The van der Waals surface area contributed by atoms with E-state index in [1.165, 1.54) is 20.1 Å². The lowest BCUT2D eigenvalue weighted by molar-refractivity contribution is -0.386. The van der Waals surface area contributed by atoms with E-state index in [9.17, 15) is 38.9 Å². The molecule has 81 heavy (non-hydrogen) atoms. The Morgan fingerprint density at radius 3 is 2.32 bits per heavy atom. The van der Waals surface area contributed by atoms with Crippen LogP contribution in [0.1, 0.15) is 101 Å². The smallest absolute Gasteiger partial charge is 0.493 e. The summed E-state index contributed by atoms with van der Waals surface area (Å²) in [6, 6.07) is 29.1. The van der Waals surface area contributed by atoms with E-state index in [-0.39, 0.29) is 93.4 Å². The molecule has 1 aliphatic heterocycles. The molecule has 3 heterocycles. The van der Waals surface area contributed by atoms with Crippen molar-refractivity contribution in [1.29, 1.82) is 0 Å². The van der Waals surface area contributed by atoms with Crippen molar-refractivity contribution in [2.45, 2.75) is 83.9 Å². The number of imide groups is 1. The van der Waals surface area contributed by atoms with Crippen molar-refractivity contribution in [2.75, 3.05) is 46.6 Å². The minimum atomic E-state index is -1.40. The number of ether oxygens (including phenoxy) is 6. The van der Waals surface area contributed by atoms with Crippen LogP contribution in [0.5, 0.6) is 23.1 Å². The van der Waals surface area contributed by atoms with Crippen molar-refractivity contribution in [3.63, 3.8) is 0 Å². The molecule has 1 aliphatic carbocycles. The van der Waals surface area contributed by atoms with E-state index in [1.54, 1.807) is 35.0 Å². The molecule has 1 saturated heterocycles. The molecule has 424 valence electrons. The molecule has 8 rings (SSSR count). The number of amides is 5. The number of nitro benzene ring substituents is 1. The summed E-state index contributed by atoms with van der Waals surface area (Å²) in [7, 11) is 1.32. The summed E-state index contributed by atoms with van der Waals surface area (Å²) in [6.45, 7) is 5.34. The fourth-order valence-corrected chi connectivity index (χ4v) is 9.11. The molecule has 4 aromatic carbocycles. The molecule has 5 amide bonds. The lowest BCUT2D eigenvalue weighted by Gasteiger charge is -2.18. The number of nitrogens with one attached hydrogen (secondary N) is 3. The number of carbonyl (C=O) groups is 6. The normalized spacial score (nSPS) is 13.0. The maximum absolute atomic E-state index is 13.1. The first-order chi connectivity index (χ1) is 39.2. The van der Waals surface area contributed by atoms with Crippen LogP contribution in [0.2, 0.25) is 0 Å². The van der Waals surface area contributed by atoms with Crippen LogP contribution in [0.4, 0.5) is 15.3 Å². The number of carbonyl (C=O) groups excluding carboxylic acids is 6. The maximum Gasteiger partial charge on any atom is 0.534 e. The molecule has 24 nitrogen and oxygen atoms in total. The van der Waals surface area contributed by atoms with Gasteiger partial charge in [-0.3, -0.25) is 34.1 Å². The highest BCUT2D eigenvalue weighted by Gasteiger charge is 2.35. The number of aryl methyl sites for hydroxylation is 2. The molecule has 0 radical (unpaired) electrons. The van der Waals surface area contributed by atoms with Gasteiger partial charge >= 0.3 is 12.2 Å². The van der Waals surface area contributed by atoms with Gasteiger partial charge < -0.3 is 44.4 Å². The minimum absolute atomic E-state index is 0.0175. The fraction of sp³-hybridized carbons (Fsp3) is 0.351. The summed E-state index contributed by atoms with van der Waals surface area (Å²) < 4.78 is 35.3. The van der Waals surface area contributed by atoms with Gasteiger partial charge in [-0.1, -0.05) is 64.9 Å². The summed E-state index contributed by atoms with van der Waals surface area (Å²) in [5.74, 6) is -1.11. The maximum atomic E-state index is 13.1. The Bertz CT molecular complexity index is 3200. The minimum Gasteiger partial charge on any atom is -0.493 e. The molecule has 24 heteroatoms. The van der Waals surface area contributed by atoms with Crippen molar-refractivity contribution in [1.82, 2.24) is 41.0 Å². The number of hydroxylamine groups is 2. The van der Waals surface area contributed by atoms with E-state index in [0.717, 1.165) is 46.0 Å². The predicted molar refractivity (Wildman–Crippen MR) is 288 cm³/mol. The van der Waals surface area contributed by atoms with Crippen LogP contribution in [0, 0.1) is 17.0 Å². The summed E-state index contributed by atoms with van der Waals surface area (Å²) in [4.78, 5) is 94.6. The Morgan fingerprint density at radius 1 is 0.827 bits per heavy atom. The van der Waals surface area contributed by atoms with Crippen LogP contribution >= 0.6 is 0 Å². The predicted octanol–water partition coefficient (Wildman–Crippen LogP) is 7.75. The lowest BCUT2D eigenvalue weighted by Crippen LogP contribution is -2.32. The first-order valence-corrected chi connectivity index (χ1v) is 26.3. The number of methoxy groups -OCH3 is 1. The van der Waals surface area contributed by atoms with Crippen molar-refractivity contribution >= 4 is 41.6 Å². The van der Waals surface area contributed by atoms with Crippen LogP contribution in [0.3, 0.4) is 0 Å². The van der Waals surface area contributed by atoms with Crippen LogP contribution in [-0.2, 0) is 52.9 Å². The van der Waals surface area contributed by atoms with Crippen molar-refractivity contribution in [3.05, 3.63) is 153 Å². The number of alkyl carbamates (subject to hydrolysis) is 1. The highest BCUT2D eigenvalue weighted by Crippen LogP contribution is 2.44. The molecule has 1 fully saturated rings. The molecule has 3 N–H and O–H groups in total. The molecular formula is C57H61N9O15. The average molecular weight is 1110 g/mol. The van der Waals surface area contributed by atoms with Gasteiger partial charge in [0.1, 0.15) is 18.5 Å². The lowest BCUT2D eigenvalue weighted by atomic mass is 9.98. The zero-order valence-electron chi connectivity index (χ0n) is 44.9. The highest BCUT2D eigenvalue weighted by molar-refractivity contribution is 6.01. The largest absolute Gasteiger partial charge is 0.534 e. The van der Waals surface area contributed by atoms with E-state index in [1.807, 2.05) is 43.5 Å². The topological polar surface area (TPSA) is 293 Å². The molecule has 6 aromatic rings. The van der Waals surface area contributed by atoms with E-state index in [0.29, 0.717) is 60.5 Å². The molecule has 2 aliphatic rings. The number of fused-ring (bicyclic) bond motifs is 3.